The van der Waals surface area contributed by atoms with Crippen LogP contribution in [0, 0.1) is 0 Å². The summed E-state index contributed by atoms with van der Waals surface area (Å²) in [7, 11) is 0. The Kier molecular flexibility index (Phi) is 10.3. The molecule has 10 nitrogen and oxygen atoms in total. The van der Waals surface area contributed by atoms with E-state index in [9.17, 15) is 19.2 Å². The number of benzene rings is 1. The highest BCUT2D eigenvalue weighted by Gasteiger charge is 2.27. The number of nitrogens with one attached hydrogen (secondary N) is 2. The molecule has 0 aliphatic heterocycles. The molecule has 3 rings (SSSR count). The maximum absolute atomic E-state index is 13.4. The molecule has 0 bridgehead atoms. The van der Waals surface area contributed by atoms with E-state index in [1.165, 1.54) is 6.08 Å². The van der Waals surface area contributed by atoms with Crippen molar-refractivity contribution in [2.75, 3.05) is 6.61 Å². The summed E-state index contributed by atoms with van der Waals surface area (Å²) in [5, 5.41) is 0.929. The van der Waals surface area contributed by atoms with Gasteiger partial charge in [0.15, 0.2) is 0 Å². The van der Waals surface area contributed by atoms with Gasteiger partial charge in [-0.1, -0.05) is 36.4 Å². The highest BCUT2D eigenvalue weighted by atomic mass is 16.5. The zero-order valence-electron chi connectivity index (χ0n) is 21.2. The second-order valence-corrected chi connectivity index (χ2v) is 8.35. The number of pyridine rings is 1. The van der Waals surface area contributed by atoms with Gasteiger partial charge in [-0.05, 0) is 56.0 Å². The number of allylic oxidation sites excluding steroid dienone is 1. The topological polar surface area (TPSA) is 147 Å². The zero-order chi connectivity index (χ0) is 27.3. The minimum Gasteiger partial charge on any atom is -0.461 e. The third-order valence-electron chi connectivity index (χ3n) is 5.53. The molecule has 0 atom stereocenters. The van der Waals surface area contributed by atoms with Crippen molar-refractivity contribution in [3.8, 4) is 11.3 Å². The summed E-state index contributed by atoms with van der Waals surface area (Å²) in [5.74, 6) is -2.38. The Balaban J connectivity index is 1.86. The Morgan fingerprint density at radius 3 is 2.53 bits per heavy atom. The van der Waals surface area contributed by atoms with Crippen molar-refractivity contribution in [1.29, 1.82) is 0 Å². The predicted molar refractivity (Wildman–Crippen MR) is 141 cm³/mol. The molecule has 198 valence electrons. The fraction of sp³-hybridized carbons (Fsp3) is 0.250. The van der Waals surface area contributed by atoms with Crippen LogP contribution in [0.4, 0.5) is 0 Å². The molecule has 0 saturated carbocycles. The number of aromatic amines is 1. The number of aryl methyl sites for hydroxylation is 1. The number of carbonyl (C=O) groups is 4. The molecule has 0 unspecified atom stereocenters. The summed E-state index contributed by atoms with van der Waals surface area (Å²) in [5.41, 5.74) is 10.2. The van der Waals surface area contributed by atoms with Crippen LogP contribution in [0.25, 0.3) is 11.3 Å². The van der Waals surface area contributed by atoms with E-state index in [-0.39, 0.29) is 37.3 Å². The Bertz CT molecular complexity index is 1270. The van der Waals surface area contributed by atoms with Gasteiger partial charge >= 0.3 is 5.97 Å². The lowest BCUT2D eigenvalue weighted by molar-refractivity contribution is -0.145. The summed E-state index contributed by atoms with van der Waals surface area (Å²) in [6, 6.07) is 16.3. The van der Waals surface area contributed by atoms with Crippen LogP contribution in [0.2, 0.25) is 0 Å². The molecular formula is C28H31N5O5. The standard InChI is InChI=1S/C28H31N5O5/c1-2-38-28(37)24(12-6-7-13-25(29)34)33(26(35)17-14-20-9-4-3-5-10-20)32-27(36)23-16-15-22(31-23)21-11-8-18-30-19-21/h3-5,8-12,15-16,18-19,31H,2,6-7,13-14,17H2,1H3,(H2,29,34)(H,32,36)/b24-12-. The van der Waals surface area contributed by atoms with Gasteiger partial charge in [-0.15, -0.1) is 0 Å². The number of hydrazine groups is 1. The second-order valence-electron chi connectivity index (χ2n) is 8.35. The number of esters is 1. The molecule has 38 heavy (non-hydrogen) atoms. The number of nitrogens with two attached hydrogens (primary N) is 1. The van der Waals surface area contributed by atoms with Crippen LogP contribution in [0.3, 0.4) is 0 Å². The van der Waals surface area contributed by atoms with Crippen molar-refractivity contribution in [3.05, 3.63) is 90.0 Å². The first-order chi connectivity index (χ1) is 18.4. The Morgan fingerprint density at radius 1 is 1.05 bits per heavy atom. The molecule has 3 aromatic rings. The summed E-state index contributed by atoms with van der Waals surface area (Å²) in [6.45, 7) is 1.71. The highest BCUT2D eigenvalue weighted by molar-refractivity contribution is 5.98. The number of amides is 3. The summed E-state index contributed by atoms with van der Waals surface area (Å²) in [6.07, 6.45) is 5.93. The first-order valence-electron chi connectivity index (χ1n) is 12.3. The number of aromatic nitrogens is 2. The number of unbranched alkanes of at least 4 members (excludes halogenated alkanes) is 1. The average Bonchev–Trinajstić information content (AvgIpc) is 3.42. The van der Waals surface area contributed by atoms with E-state index in [2.05, 4.69) is 15.4 Å². The maximum Gasteiger partial charge on any atom is 0.356 e. The molecule has 0 aliphatic rings. The Hall–Kier alpha value is -4.73. The largest absolute Gasteiger partial charge is 0.461 e. The van der Waals surface area contributed by atoms with Crippen LogP contribution >= 0.6 is 0 Å². The fourth-order valence-electron chi connectivity index (χ4n) is 3.63. The lowest BCUT2D eigenvalue weighted by atomic mass is 10.1. The molecule has 4 N–H and O–H groups in total. The van der Waals surface area contributed by atoms with Gasteiger partial charge in [0, 0.05) is 36.5 Å². The van der Waals surface area contributed by atoms with E-state index in [1.807, 2.05) is 36.4 Å². The number of nitrogens with zero attached hydrogens (tertiary/aromatic N) is 2. The minimum absolute atomic E-state index is 0.0218. The van der Waals surface area contributed by atoms with E-state index in [0.717, 1.165) is 16.1 Å². The number of ether oxygens (including phenoxy) is 1. The van der Waals surface area contributed by atoms with Crippen molar-refractivity contribution in [1.82, 2.24) is 20.4 Å². The smallest absolute Gasteiger partial charge is 0.356 e. The van der Waals surface area contributed by atoms with Gasteiger partial charge in [0.05, 0.1) is 6.61 Å². The number of hydrogen-bond donors (Lipinski definition) is 3. The van der Waals surface area contributed by atoms with Crippen molar-refractivity contribution < 1.29 is 23.9 Å². The van der Waals surface area contributed by atoms with Gasteiger partial charge in [0.2, 0.25) is 11.8 Å². The normalized spacial score (nSPS) is 11.0. The SMILES string of the molecule is CCOC(=O)/C(=C/CCCC(N)=O)N(NC(=O)c1ccc(-c2cccnc2)[nH]1)C(=O)CCc1ccccc1. The summed E-state index contributed by atoms with van der Waals surface area (Å²) < 4.78 is 5.17. The van der Waals surface area contributed by atoms with Crippen LogP contribution in [-0.4, -0.2) is 45.3 Å². The number of primary amides is 1. The van der Waals surface area contributed by atoms with Gasteiger partial charge in [-0.2, -0.15) is 0 Å². The van der Waals surface area contributed by atoms with E-state index >= 15 is 0 Å². The van der Waals surface area contributed by atoms with Crippen LogP contribution in [0.15, 0.2) is 78.8 Å². The highest BCUT2D eigenvalue weighted by Crippen LogP contribution is 2.18. The zero-order valence-corrected chi connectivity index (χ0v) is 21.2. The number of H-pyrrole nitrogens is 1. The maximum atomic E-state index is 13.4. The first kappa shape index (κ1) is 27.9. The third-order valence-corrected chi connectivity index (χ3v) is 5.53. The molecule has 10 heteroatoms. The molecule has 0 spiro atoms. The first-order valence-corrected chi connectivity index (χ1v) is 12.3. The van der Waals surface area contributed by atoms with E-state index in [1.54, 1.807) is 37.5 Å². The molecule has 0 saturated heterocycles. The lowest BCUT2D eigenvalue weighted by Gasteiger charge is -2.25. The van der Waals surface area contributed by atoms with E-state index < -0.39 is 23.7 Å². The summed E-state index contributed by atoms with van der Waals surface area (Å²) in [4.78, 5) is 57.6. The predicted octanol–water partition coefficient (Wildman–Crippen LogP) is 3.29. The molecule has 2 aromatic heterocycles. The number of rotatable bonds is 12. The van der Waals surface area contributed by atoms with Gasteiger partial charge in [-0.25, -0.2) is 9.80 Å². The van der Waals surface area contributed by atoms with Gasteiger partial charge in [0.1, 0.15) is 11.4 Å². The van der Waals surface area contributed by atoms with Gasteiger partial charge in [0.25, 0.3) is 5.91 Å². The van der Waals surface area contributed by atoms with Crippen LogP contribution < -0.4 is 11.2 Å². The van der Waals surface area contributed by atoms with Gasteiger partial charge in [-0.3, -0.25) is 24.8 Å². The van der Waals surface area contributed by atoms with Crippen molar-refractivity contribution in [2.24, 2.45) is 5.73 Å². The van der Waals surface area contributed by atoms with Crippen LogP contribution in [0.5, 0.6) is 0 Å². The second kappa shape index (κ2) is 14.1. The molecule has 0 aliphatic carbocycles. The quantitative estimate of drug-likeness (QED) is 0.145. The monoisotopic (exact) mass is 517 g/mol. The van der Waals surface area contributed by atoms with Gasteiger partial charge < -0.3 is 15.5 Å². The Labute approximate surface area is 220 Å². The van der Waals surface area contributed by atoms with E-state index in [0.29, 0.717) is 18.5 Å². The fourth-order valence-corrected chi connectivity index (χ4v) is 3.63. The van der Waals surface area contributed by atoms with Crippen molar-refractivity contribution >= 4 is 23.7 Å². The number of hydrogen-bond acceptors (Lipinski definition) is 6. The Morgan fingerprint density at radius 2 is 1.84 bits per heavy atom. The molecule has 2 heterocycles. The van der Waals surface area contributed by atoms with Crippen molar-refractivity contribution in [2.45, 2.75) is 39.0 Å². The van der Waals surface area contributed by atoms with E-state index in [4.69, 9.17) is 10.5 Å². The molecule has 0 radical (unpaired) electrons. The number of carbonyl (C=O) groups excluding carboxylic acids is 4. The molecule has 0 fully saturated rings. The van der Waals surface area contributed by atoms with Crippen LogP contribution in [-0.2, 0) is 25.5 Å². The average molecular weight is 518 g/mol. The van der Waals surface area contributed by atoms with Crippen LogP contribution in [0.1, 0.15) is 48.7 Å². The molecular weight excluding hydrogens is 486 g/mol. The molecule has 3 amide bonds. The minimum atomic E-state index is -0.775. The third kappa shape index (κ3) is 8.16. The summed E-state index contributed by atoms with van der Waals surface area (Å²) >= 11 is 0. The van der Waals surface area contributed by atoms with Crippen molar-refractivity contribution in [3.63, 3.8) is 0 Å². The molecule has 1 aromatic carbocycles. The lowest BCUT2D eigenvalue weighted by Crippen LogP contribution is -2.47.